The number of aromatic nitrogens is 1. The Labute approximate surface area is 205 Å². The largest absolute Gasteiger partial charge is 0.496 e. The maximum Gasteiger partial charge on any atom is 0.422 e. The second-order valence-corrected chi connectivity index (χ2v) is 8.19. The Kier molecular flexibility index (Phi) is 7.80. The Bertz CT molecular complexity index is 1180. The Hall–Kier alpha value is -4.16. The molecule has 0 saturated carbocycles. The van der Waals surface area contributed by atoms with Crippen molar-refractivity contribution in [3.05, 3.63) is 52.7 Å². The van der Waals surface area contributed by atoms with Crippen LogP contribution in [0.2, 0.25) is 0 Å². The number of ether oxygens (including phenoxy) is 2. The summed E-state index contributed by atoms with van der Waals surface area (Å²) in [5, 5.41) is 18.5. The highest BCUT2D eigenvalue weighted by Crippen LogP contribution is 2.31. The maximum atomic E-state index is 13.0. The van der Waals surface area contributed by atoms with Gasteiger partial charge in [-0.1, -0.05) is 6.07 Å². The molecule has 2 aromatic rings. The number of halogens is 3. The van der Waals surface area contributed by atoms with E-state index in [9.17, 15) is 22.8 Å². The fraction of sp³-hybridized carbons (Fsp3) is 0.348. The Morgan fingerprint density at radius 3 is 2.50 bits per heavy atom. The molecule has 0 fully saturated rings. The van der Waals surface area contributed by atoms with Gasteiger partial charge in [0.2, 0.25) is 0 Å². The van der Waals surface area contributed by atoms with Crippen LogP contribution in [0.5, 0.6) is 5.75 Å². The maximum absolute atomic E-state index is 13.0. The molecule has 2 heterocycles. The summed E-state index contributed by atoms with van der Waals surface area (Å²) in [7, 11) is 1.36. The summed E-state index contributed by atoms with van der Waals surface area (Å²) < 4.78 is 46.7. The second kappa shape index (κ2) is 10.6. The molecule has 0 saturated heterocycles. The molecule has 0 aliphatic carbocycles. The summed E-state index contributed by atoms with van der Waals surface area (Å²) in [6.07, 6.45) is -4.72. The summed E-state index contributed by atoms with van der Waals surface area (Å²) in [6.45, 7) is 1.93. The van der Waals surface area contributed by atoms with Gasteiger partial charge in [-0.3, -0.25) is 20.5 Å². The van der Waals surface area contributed by atoms with E-state index in [-0.39, 0.29) is 47.8 Å². The highest BCUT2D eigenvalue weighted by molar-refractivity contribution is 6.06. The highest BCUT2D eigenvalue weighted by Gasteiger charge is 2.33. The molecule has 1 aromatic heterocycles. The smallest absolute Gasteiger partial charge is 0.422 e. The second-order valence-electron chi connectivity index (χ2n) is 8.19. The first-order chi connectivity index (χ1) is 16.9. The van der Waals surface area contributed by atoms with Crippen LogP contribution in [-0.2, 0) is 17.8 Å². The van der Waals surface area contributed by atoms with Crippen molar-refractivity contribution >= 4 is 30.0 Å². The summed E-state index contributed by atoms with van der Waals surface area (Å²) in [4.78, 5) is 31.9. The molecule has 3 N–H and O–H groups in total. The molecule has 10 nitrogen and oxygen atoms in total. The molecule has 192 valence electrons. The fourth-order valence-corrected chi connectivity index (χ4v) is 3.56. The number of hydrogen-bond acceptors (Lipinski definition) is 7. The number of carbonyl (C=O) groups excluding carboxylic acids is 2. The Morgan fingerprint density at radius 2 is 1.92 bits per heavy atom. The monoisotopic (exact) mass is 506 g/mol. The lowest BCUT2D eigenvalue weighted by Crippen LogP contribution is -2.36. The van der Waals surface area contributed by atoms with Gasteiger partial charge in [0.1, 0.15) is 17.3 Å². The van der Waals surface area contributed by atoms with Crippen LogP contribution in [0.25, 0.3) is 0 Å². The molecule has 0 unspecified atom stereocenters. The number of carbonyl (C=O) groups is 2. The lowest BCUT2D eigenvalue weighted by atomic mass is 10.0. The van der Waals surface area contributed by atoms with Gasteiger partial charge in [0.25, 0.3) is 5.91 Å². The molecule has 3 rings (SSSR count). The number of alkyl halides is 3. The third-order valence-electron chi connectivity index (χ3n) is 5.29. The van der Waals surface area contributed by atoms with Crippen molar-refractivity contribution in [3.63, 3.8) is 0 Å². The van der Waals surface area contributed by atoms with Gasteiger partial charge in [0.15, 0.2) is 12.4 Å². The van der Waals surface area contributed by atoms with Crippen molar-refractivity contribution in [2.45, 2.75) is 39.2 Å². The molecule has 1 aliphatic heterocycles. The van der Waals surface area contributed by atoms with Gasteiger partial charge in [-0.25, -0.2) is 9.78 Å². The van der Waals surface area contributed by atoms with E-state index < -0.39 is 24.8 Å². The van der Waals surface area contributed by atoms with Crippen molar-refractivity contribution < 1.29 is 32.2 Å². The molecule has 0 spiro atoms. The van der Waals surface area contributed by atoms with Crippen LogP contribution in [-0.4, -0.2) is 64.9 Å². The van der Waals surface area contributed by atoms with Gasteiger partial charge < -0.3 is 19.7 Å². The number of hydrogen-bond donors (Lipinski definition) is 3. The molecule has 0 bridgehead atoms. The number of rotatable bonds is 7. The number of amides is 2. The van der Waals surface area contributed by atoms with E-state index in [0.717, 1.165) is 11.2 Å². The van der Waals surface area contributed by atoms with Crippen LogP contribution in [0.1, 0.15) is 41.0 Å². The zero-order chi connectivity index (χ0) is 26.6. The summed E-state index contributed by atoms with van der Waals surface area (Å²) in [5.41, 5.74) is 1.56. The molecular formula is C23H25F3N6O4. The lowest BCUT2D eigenvalue weighted by molar-refractivity contribution is -0.162. The number of nitrogens with one attached hydrogen (secondary N) is 3. The third kappa shape index (κ3) is 6.09. The number of pyridine rings is 1. The van der Waals surface area contributed by atoms with E-state index in [1.807, 2.05) is 13.8 Å². The van der Waals surface area contributed by atoms with E-state index in [1.54, 1.807) is 18.2 Å². The summed E-state index contributed by atoms with van der Waals surface area (Å²) in [6, 6.07) is 7.64. The van der Waals surface area contributed by atoms with Crippen LogP contribution in [0.4, 0.5) is 23.8 Å². The highest BCUT2D eigenvalue weighted by atomic mass is 19.4. The first kappa shape index (κ1) is 26.4. The number of amidine groups is 1. The molecule has 13 heteroatoms. The zero-order valence-electron chi connectivity index (χ0n) is 19.8. The van der Waals surface area contributed by atoms with Crippen molar-refractivity contribution in [3.8, 4) is 5.75 Å². The van der Waals surface area contributed by atoms with E-state index in [4.69, 9.17) is 15.6 Å². The standard InChI is InChI=1S/C23H25F3N6O4/c1-13(2)32(12-27)20(28)17-5-4-6-19(29-17)30-21(33)16-7-14-9-31(10-15(14)8-18(16)35-3)22(34)36-11-23(24,25)26/h4-8,12-13,27-28H,9-11H2,1-3H3,(H,29,30,33). The minimum atomic E-state index is -4.63. The number of nitrogens with zero attached hydrogens (tertiary/aromatic N) is 3. The molecular weight excluding hydrogens is 481 g/mol. The van der Waals surface area contributed by atoms with Gasteiger partial charge >= 0.3 is 12.3 Å². The third-order valence-corrected chi connectivity index (χ3v) is 5.29. The quantitative estimate of drug-likeness (QED) is 0.384. The van der Waals surface area contributed by atoms with Gasteiger partial charge in [0, 0.05) is 19.1 Å². The van der Waals surface area contributed by atoms with Crippen LogP contribution < -0.4 is 10.1 Å². The van der Waals surface area contributed by atoms with E-state index in [1.165, 1.54) is 24.1 Å². The van der Waals surface area contributed by atoms with Crippen molar-refractivity contribution in [1.82, 2.24) is 14.8 Å². The molecule has 2 amide bonds. The van der Waals surface area contributed by atoms with E-state index >= 15 is 0 Å². The van der Waals surface area contributed by atoms with Crippen LogP contribution in [0.15, 0.2) is 30.3 Å². The van der Waals surface area contributed by atoms with Crippen LogP contribution in [0, 0.1) is 10.8 Å². The normalized spacial score (nSPS) is 12.7. The number of benzene rings is 1. The van der Waals surface area contributed by atoms with Gasteiger partial charge in [0.05, 0.1) is 19.0 Å². The van der Waals surface area contributed by atoms with Crippen LogP contribution >= 0.6 is 0 Å². The predicted molar refractivity (Wildman–Crippen MR) is 124 cm³/mol. The molecule has 0 radical (unpaired) electrons. The van der Waals surface area contributed by atoms with E-state index in [2.05, 4.69) is 15.0 Å². The first-order valence-electron chi connectivity index (χ1n) is 10.8. The van der Waals surface area contributed by atoms with Crippen molar-refractivity contribution in [2.75, 3.05) is 19.0 Å². The zero-order valence-corrected chi connectivity index (χ0v) is 19.8. The lowest BCUT2D eigenvalue weighted by Gasteiger charge is -2.23. The SMILES string of the molecule is COc1cc2c(cc1C(=O)Nc1cccc(C(=N)N(C=N)C(C)C)n1)CN(C(=O)OCC(F)(F)F)C2. The fourth-order valence-electron chi connectivity index (χ4n) is 3.56. The first-order valence-corrected chi connectivity index (χ1v) is 10.8. The van der Waals surface area contributed by atoms with Crippen LogP contribution in [0.3, 0.4) is 0 Å². The topological polar surface area (TPSA) is 132 Å². The average Bonchev–Trinajstić information content (AvgIpc) is 3.24. The summed E-state index contributed by atoms with van der Waals surface area (Å²) >= 11 is 0. The Balaban J connectivity index is 1.77. The molecule has 36 heavy (non-hydrogen) atoms. The average molecular weight is 506 g/mol. The van der Waals surface area contributed by atoms with Crippen molar-refractivity contribution in [2.24, 2.45) is 0 Å². The van der Waals surface area contributed by atoms with Gasteiger partial charge in [-0.15, -0.1) is 0 Å². The Morgan fingerprint density at radius 1 is 1.25 bits per heavy atom. The van der Waals surface area contributed by atoms with Crippen molar-refractivity contribution in [1.29, 1.82) is 10.8 Å². The molecule has 0 atom stereocenters. The minimum Gasteiger partial charge on any atom is -0.496 e. The minimum absolute atomic E-state index is 0.00929. The number of methoxy groups -OCH3 is 1. The molecule has 1 aliphatic rings. The number of fused-ring (bicyclic) bond motifs is 1. The summed E-state index contributed by atoms with van der Waals surface area (Å²) in [5.74, 6) is -0.216. The number of anilines is 1. The van der Waals surface area contributed by atoms with Gasteiger partial charge in [-0.05, 0) is 49.2 Å². The molecule has 1 aromatic carbocycles. The van der Waals surface area contributed by atoms with Gasteiger partial charge in [-0.2, -0.15) is 13.2 Å². The van der Waals surface area contributed by atoms with E-state index in [0.29, 0.717) is 11.1 Å². The predicted octanol–water partition coefficient (Wildman–Crippen LogP) is 4.00.